The second-order valence-electron chi connectivity index (χ2n) is 3.28. The van der Waals surface area contributed by atoms with Gasteiger partial charge in [-0.2, -0.15) is 0 Å². The van der Waals surface area contributed by atoms with Gasteiger partial charge in [0, 0.05) is 35.2 Å². The molecule has 92 valence electrons. The number of rotatable bonds is 3. The average Bonchev–Trinajstić information content (AvgIpc) is 2.24. The Morgan fingerprint density at radius 2 is 1.94 bits per heavy atom. The highest BCUT2D eigenvalue weighted by Crippen LogP contribution is 2.26. The van der Waals surface area contributed by atoms with E-state index in [1.165, 1.54) is 0 Å². The van der Waals surface area contributed by atoms with E-state index in [1.54, 1.807) is 25.1 Å². The number of hydrogen-bond donors (Lipinski definition) is 0. The van der Waals surface area contributed by atoms with Crippen LogP contribution in [0.1, 0.15) is 19.4 Å². The van der Waals surface area contributed by atoms with Gasteiger partial charge >= 0.3 is 5.12 Å². The molecule has 0 amide bonds. The smallest absolute Gasteiger partial charge is 0.286 e. The van der Waals surface area contributed by atoms with E-state index in [2.05, 4.69) is 0 Å². The van der Waals surface area contributed by atoms with Crippen molar-refractivity contribution in [1.29, 1.82) is 0 Å². The Kier molecular flexibility index (Phi) is 6.03. The van der Waals surface area contributed by atoms with E-state index in [9.17, 15) is 4.79 Å². The first-order valence-corrected chi connectivity index (χ1v) is 6.71. The highest BCUT2D eigenvalue weighted by molar-refractivity contribution is 8.26. The van der Waals surface area contributed by atoms with Crippen LogP contribution in [-0.2, 0) is 15.6 Å². The summed E-state index contributed by atoms with van der Waals surface area (Å²) < 4.78 is 5.20. The van der Waals surface area contributed by atoms with Gasteiger partial charge in [0.1, 0.15) is 0 Å². The first-order valence-electron chi connectivity index (χ1n) is 5.14. The summed E-state index contributed by atoms with van der Waals surface area (Å²) in [5.74, 6) is 0. The van der Waals surface area contributed by atoms with Gasteiger partial charge in [-0.3, -0.25) is 9.22 Å². The monoisotopic (exact) mass is 291 g/mol. The Morgan fingerprint density at radius 1 is 1.35 bits per heavy atom. The summed E-state index contributed by atoms with van der Waals surface area (Å²) in [6.45, 7) is 4.19. The number of thioether (sulfide) groups is 1. The standard InChI is InChI=1S/C12H13Cl2O2S/c1-3-16-8(2)17-12(15)7-9-10(13)5-4-6-11(9)14/h4-6H,3,7H2,1-2H3/q+1. The number of halogens is 2. The number of hydrogen-bond acceptors (Lipinski definition) is 2. The molecular formula is C12H13Cl2O2S+. The Hall–Kier alpha value is -0.510. The van der Waals surface area contributed by atoms with Gasteiger partial charge in [0.05, 0.1) is 6.92 Å². The van der Waals surface area contributed by atoms with Gasteiger partial charge in [0.25, 0.3) is 6.61 Å². The predicted octanol–water partition coefficient (Wildman–Crippen LogP) is 3.90. The Bertz CT molecular complexity index is 424. The fourth-order valence-electron chi connectivity index (χ4n) is 1.27. The zero-order chi connectivity index (χ0) is 12.8. The van der Waals surface area contributed by atoms with Crippen LogP contribution in [0, 0.1) is 0 Å². The molecule has 0 bridgehead atoms. The third-order valence-electron chi connectivity index (χ3n) is 1.99. The van der Waals surface area contributed by atoms with Crippen molar-refractivity contribution in [2.45, 2.75) is 20.3 Å². The van der Waals surface area contributed by atoms with Gasteiger partial charge in [-0.25, -0.2) is 0 Å². The van der Waals surface area contributed by atoms with Crippen molar-refractivity contribution >= 4 is 45.2 Å². The van der Waals surface area contributed by atoms with E-state index < -0.39 is 0 Å². The van der Waals surface area contributed by atoms with Crippen LogP contribution in [0.25, 0.3) is 0 Å². The van der Waals surface area contributed by atoms with Crippen LogP contribution in [0.4, 0.5) is 0 Å². The van der Waals surface area contributed by atoms with Gasteiger partial charge in [-0.15, -0.1) is 0 Å². The fourth-order valence-corrected chi connectivity index (χ4v) is 2.52. The lowest BCUT2D eigenvalue weighted by molar-refractivity contribution is -0.449. The maximum Gasteiger partial charge on any atom is 0.358 e. The number of carbonyl (C=O) groups is 1. The molecule has 1 aromatic carbocycles. The maximum atomic E-state index is 11.7. The fraction of sp³-hybridized carbons (Fsp3) is 0.333. The lowest BCUT2D eigenvalue weighted by atomic mass is 10.2. The summed E-state index contributed by atoms with van der Waals surface area (Å²) in [5, 5.41) is 1.63. The minimum atomic E-state index is -0.0362. The summed E-state index contributed by atoms with van der Waals surface area (Å²) in [4.78, 5) is 11.7. The topological polar surface area (TPSA) is 28.4 Å². The third-order valence-corrected chi connectivity index (χ3v) is 3.47. The van der Waals surface area contributed by atoms with E-state index in [-0.39, 0.29) is 11.5 Å². The summed E-state index contributed by atoms with van der Waals surface area (Å²) in [6.07, 6.45) is 0.202. The molecule has 0 fully saturated rings. The quantitative estimate of drug-likeness (QED) is 0.790. The molecule has 0 aliphatic carbocycles. The van der Waals surface area contributed by atoms with Crippen molar-refractivity contribution in [3.05, 3.63) is 33.8 Å². The molecule has 0 aliphatic heterocycles. The van der Waals surface area contributed by atoms with Crippen LogP contribution in [-0.4, -0.2) is 16.8 Å². The van der Waals surface area contributed by atoms with Crippen LogP contribution in [0.15, 0.2) is 18.2 Å². The summed E-state index contributed by atoms with van der Waals surface area (Å²) in [6, 6.07) is 5.20. The van der Waals surface area contributed by atoms with Crippen molar-refractivity contribution in [3.8, 4) is 0 Å². The molecule has 0 heterocycles. The maximum absolute atomic E-state index is 11.7. The Balaban J connectivity index is 2.72. The van der Waals surface area contributed by atoms with E-state index in [1.807, 2.05) is 6.92 Å². The zero-order valence-corrected chi connectivity index (χ0v) is 12.0. The van der Waals surface area contributed by atoms with E-state index in [0.717, 1.165) is 11.8 Å². The van der Waals surface area contributed by atoms with Crippen LogP contribution in [0.3, 0.4) is 0 Å². The minimum Gasteiger partial charge on any atom is -0.286 e. The summed E-state index contributed by atoms with van der Waals surface area (Å²) >= 11 is 13.0. The molecule has 0 radical (unpaired) electrons. The van der Waals surface area contributed by atoms with Crippen molar-refractivity contribution in [2.24, 2.45) is 0 Å². The van der Waals surface area contributed by atoms with Crippen LogP contribution >= 0.6 is 35.0 Å². The molecule has 1 rings (SSSR count). The van der Waals surface area contributed by atoms with Crippen molar-refractivity contribution in [2.75, 3.05) is 6.61 Å². The summed E-state index contributed by atoms with van der Waals surface area (Å²) in [7, 11) is 0. The van der Waals surface area contributed by atoms with E-state index in [4.69, 9.17) is 27.6 Å². The van der Waals surface area contributed by atoms with Crippen molar-refractivity contribution < 1.29 is 9.22 Å². The Morgan fingerprint density at radius 3 is 2.47 bits per heavy atom. The van der Waals surface area contributed by atoms with Crippen LogP contribution in [0.5, 0.6) is 0 Å². The molecule has 0 atom stereocenters. The third kappa shape index (κ3) is 4.70. The van der Waals surface area contributed by atoms with Gasteiger partial charge < -0.3 is 0 Å². The second-order valence-corrected chi connectivity index (χ2v) is 5.32. The molecule has 0 aromatic heterocycles. The van der Waals surface area contributed by atoms with Gasteiger partial charge in [-0.1, -0.05) is 29.3 Å². The molecule has 5 heteroatoms. The highest BCUT2D eigenvalue weighted by Gasteiger charge is 2.16. The molecule has 17 heavy (non-hydrogen) atoms. The van der Waals surface area contributed by atoms with Crippen LogP contribution in [0.2, 0.25) is 10.0 Å². The molecule has 0 N–H and O–H groups in total. The predicted molar refractivity (Wildman–Crippen MR) is 74.0 cm³/mol. The molecular weight excluding hydrogens is 279 g/mol. The van der Waals surface area contributed by atoms with Gasteiger partial charge in [0.15, 0.2) is 0 Å². The lowest BCUT2D eigenvalue weighted by Crippen LogP contribution is -2.03. The van der Waals surface area contributed by atoms with Crippen molar-refractivity contribution in [1.82, 2.24) is 0 Å². The SMILES string of the molecule is CC[O+]=C(C)SC(=O)Cc1c(Cl)cccc1Cl. The normalized spacial score (nSPS) is 11.6. The number of benzene rings is 1. The minimum absolute atomic E-state index is 0.0362. The van der Waals surface area contributed by atoms with Gasteiger partial charge in [-0.05, 0) is 17.7 Å². The van der Waals surface area contributed by atoms with E-state index in [0.29, 0.717) is 27.3 Å². The van der Waals surface area contributed by atoms with Gasteiger partial charge in [0.2, 0.25) is 5.12 Å². The Labute approximate surface area is 115 Å². The van der Waals surface area contributed by atoms with E-state index >= 15 is 0 Å². The van der Waals surface area contributed by atoms with Crippen LogP contribution < -0.4 is 0 Å². The zero-order valence-electron chi connectivity index (χ0n) is 9.63. The van der Waals surface area contributed by atoms with Crippen molar-refractivity contribution in [3.63, 3.8) is 0 Å². The first-order chi connectivity index (χ1) is 8.04. The lowest BCUT2D eigenvalue weighted by Gasteiger charge is -2.03. The molecule has 2 nitrogen and oxygen atoms in total. The highest BCUT2D eigenvalue weighted by atomic mass is 35.5. The molecule has 0 saturated carbocycles. The molecule has 0 aliphatic rings. The molecule has 1 aromatic rings. The summed E-state index contributed by atoms with van der Waals surface area (Å²) in [5.41, 5.74) is 0.664. The molecule has 0 unspecified atom stereocenters. The average molecular weight is 292 g/mol. The molecule has 0 saturated heterocycles. The largest absolute Gasteiger partial charge is 0.358 e. The number of carbonyl (C=O) groups excluding carboxylic acids is 2. The second kappa shape index (κ2) is 7.04. The first kappa shape index (κ1) is 14.6. The molecule has 0 spiro atoms.